The van der Waals surface area contributed by atoms with E-state index in [1.54, 1.807) is 0 Å². The van der Waals surface area contributed by atoms with Gasteiger partial charge >= 0.3 is 0 Å². The van der Waals surface area contributed by atoms with Crippen LogP contribution in [-0.4, -0.2) is 0 Å². The Labute approximate surface area is 630 Å². The van der Waals surface area contributed by atoms with Crippen molar-refractivity contribution < 1.29 is 0 Å². The smallest absolute Gasteiger partial charge is 0.00200 e. The van der Waals surface area contributed by atoms with E-state index in [0.717, 1.165) is 0 Å². The fraction of sp³-hybridized carbons (Fsp3) is 0.0370. The van der Waals surface area contributed by atoms with Gasteiger partial charge in [0.2, 0.25) is 0 Å². The van der Waals surface area contributed by atoms with Gasteiger partial charge in [0.05, 0.1) is 0 Å². The topological polar surface area (TPSA) is 0 Å². The summed E-state index contributed by atoms with van der Waals surface area (Å²) in [7, 11) is 0. The minimum atomic E-state index is 0.0545. The predicted octanol–water partition coefficient (Wildman–Crippen LogP) is 30.7. The summed E-state index contributed by atoms with van der Waals surface area (Å²) in [6.45, 7) is 6.91. The number of hydrogen-bond acceptors (Lipinski definition) is 0. The van der Waals surface area contributed by atoms with Crippen molar-refractivity contribution in [1.29, 1.82) is 0 Å². The van der Waals surface area contributed by atoms with Crippen LogP contribution in [0.25, 0.3) is 196 Å². The van der Waals surface area contributed by atoms with E-state index in [1.807, 2.05) is 0 Å². The fourth-order valence-corrected chi connectivity index (χ4v) is 17.0. The maximum absolute atomic E-state index is 2.45. The van der Waals surface area contributed by atoms with E-state index in [1.165, 1.54) is 202 Å². The third-order valence-electron chi connectivity index (χ3n) is 22.2. The van der Waals surface area contributed by atoms with Crippen molar-refractivity contribution in [2.24, 2.45) is 0 Å². The first-order valence-corrected chi connectivity index (χ1v) is 37.7. The molecule has 0 fully saturated rings. The summed E-state index contributed by atoms with van der Waals surface area (Å²) in [6, 6.07) is 148. The van der Waals surface area contributed by atoms with E-state index < -0.39 is 0 Å². The molecule has 0 saturated heterocycles. The fourth-order valence-electron chi connectivity index (χ4n) is 17.0. The molecule has 21 aromatic rings. The zero-order valence-electron chi connectivity index (χ0n) is 60.7. The standard InChI is InChI=1S/C38H30.C36H24.C34H22/c1-38(2,3)29-21-22-34-35(24-29)37(31-18-10-14-26-12-6-7-15-30(26)31)33-17-9-8-16-32(33)36(34)28-20-19-25-11-4-5-13-27(25)23-28;1-2-10-25(11-3-1)27-18-21-28(22-19-27)35-31-14-6-8-16-33(31)36(34-17-9-7-15-32(34)35)30-23-20-26-12-4-5-13-29(26)24-30;1-3-11-25-21-27(19-17-23(25)9-1)33-29-13-5-7-15-31(29)34(32-16-8-6-14-30(32)33)28-20-18-24-10-2-4-12-26(24)22-28/h4-24H,1-3H3;1-24H;1-22H. The van der Waals surface area contributed by atoms with Crippen LogP contribution in [-0.2, 0) is 5.41 Å². The van der Waals surface area contributed by atoms with Gasteiger partial charge < -0.3 is 0 Å². The van der Waals surface area contributed by atoms with Crippen LogP contribution in [0, 0.1) is 0 Å². The predicted molar refractivity (Wildman–Crippen MR) is 469 cm³/mol. The van der Waals surface area contributed by atoms with Crippen molar-refractivity contribution in [2.75, 3.05) is 0 Å². The molecule has 0 bridgehead atoms. The number of hydrogen-bond donors (Lipinski definition) is 0. The molecular weight excluding hydrogens is 1300 g/mol. The summed E-state index contributed by atoms with van der Waals surface area (Å²) in [4.78, 5) is 0. The molecule has 0 N–H and O–H groups in total. The second kappa shape index (κ2) is 27.5. The van der Waals surface area contributed by atoms with Crippen molar-refractivity contribution in [3.8, 4) is 77.9 Å². The molecule has 0 heterocycles. The summed E-state index contributed by atoms with van der Waals surface area (Å²) in [5, 5.41) is 28.2. The summed E-state index contributed by atoms with van der Waals surface area (Å²) < 4.78 is 0. The van der Waals surface area contributed by atoms with Gasteiger partial charge in [-0.05, 0) is 238 Å². The molecule has 508 valence electrons. The van der Waals surface area contributed by atoms with Gasteiger partial charge in [0, 0.05) is 0 Å². The first-order valence-electron chi connectivity index (χ1n) is 37.7. The first-order chi connectivity index (χ1) is 53.2. The molecule has 0 atom stereocenters. The Hall–Kier alpha value is -13.5. The second-order valence-electron chi connectivity index (χ2n) is 29.7. The van der Waals surface area contributed by atoms with Crippen molar-refractivity contribution in [2.45, 2.75) is 26.2 Å². The SMILES string of the molecule is CC(C)(C)c1ccc2c(-c3ccc4ccccc4c3)c3ccccc3c(-c3cccc4ccccc34)c2c1.c1ccc(-c2ccc(-c3c4ccccc4c(-c4ccc5ccccc5c4)c4ccccc34)cc2)cc1.c1ccc2cc(-c3c4ccccc4c(-c4ccc5ccccc5c4)c4ccccc34)ccc2c1. The molecule has 0 heteroatoms. The Morgan fingerprint density at radius 2 is 0.389 bits per heavy atom. The Morgan fingerprint density at radius 1 is 0.139 bits per heavy atom. The first kappa shape index (κ1) is 65.3. The molecule has 0 spiro atoms. The summed E-state index contributed by atoms with van der Waals surface area (Å²) in [6.07, 6.45) is 0. The van der Waals surface area contributed by atoms with Crippen LogP contribution in [0.2, 0.25) is 0 Å². The Kier molecular flexibility index (Phi) is 16.6. The molecule has 21 rings (SSSR count). The van der Waals surface area contributed by atoms with Gasteiger partial charge in [-0.25, -0.2) is 0 Å². The lowest BCUT2D eigenvalue weighted by molar-refractivity contribution is 0.591. The lowest BCUT2D eigenvalue weighted by Gasteiger charge is -2.23. The number of benzene rings is 21. The average Bonchev–Trinajstić information content (AvgIpc) is 0.736. The molecule has 108 heavy (non-hydrogen) atoms. The van der Waals surface area contributed by atoms with Crippen molar-refractivity contribution in [3.63, 3.8) is 0 Å². The molecule has 0 aromatic heterocycles. The van der Waals surface area contributed by atoms with Gasteiger partial charge in [0.15, 0.2) is 0 Å². The molecule has 0 aliphatic rings. The molecule has 0 aliphatic heterocycles. The maximum atomic E-state index is 2.45. The van der Waals surface area contributed by atoms with Crippen LogP contribution in [0.15, 0.2) is 406 Å². The van der Waals surface area contributed by atoms with Gasteiger partial charge in [-0.2, -0.15) is 0 Å². The van der Waals surface area contributed by atoms with Crippen LogP contribution < -0.4 is 0 Å². The Balaban J connectivity index is 0.000000110. The highest BCUT2D eigenvalue weighted by Crippen LogP contribution is 2.50. The Morgan fingerprint density at radius 3 is 0.741 bits per heavy atom. The van der Waals surface area contributed by atoms with E-state index in [9.17, 15) is 0 Å². The number of rotatable bonds is 7. The van der Waals surface area contributed by atoms with Gasteiger partial charge in [0.1, 0.15) is 0 Å². The molecule has 0 radical (unpaired) electrons. The minimum absolute atomic E-state index is 0.0545. The lowest BCUT2D eigenvalue weighted by Crippen LogP contribution is -2.10. The van der Waals surface area contributed by atoms with Crippen molar-refractivity contribution >= 4 is 118 Å². The quantitative estimate of drug-likeness (QED) is 0.140. The van der Waals surface area contributed by atoms with E-state index in [-0.39, 0.29) is 5.41 Å². The van der Waals surface area contributed by atoms with Gasteiger partial charge in [-0.3, -0.25) is 0 Å². The lowest BCUT2D eigenvalue weighted by atomic mass is 9.80. The third kappa shape index (κ3) is 11.9. The van der Waals surface area contributed by atoms with Crippen molar-refractivity contribution in [3.05, 3.63) is 412 Å². The van der Waals surface area contributed by atoms with E-state index in [4.69, 9.17) is 0 Å². The molecule has 21 aromatic carbocycles. The molecule has 0 saturated carbocycles. The second-order valence-corrected chi connectivity index (χ2v) is 29.7. The maximum Gasteiger partial charge on any atom is -0.00200 e. The highest BCUT2D eigenvalue weighted by molar-refractivity contribution is 6.26. The minimum Gasteiger partial charge on any atom is -0.0622 e. The van der Waals surface area contributed by atoms with Crippen LogP contribution in [0.3, 0.4) is 0 Å². The van der Waals surface area contributed by atoms with Crippen LogP contribution >= 0.6 is 0 Å². The molecule has 0 aliphatic carbocycles. The van der Waals surface area contributed by atoms with E-state index in [2.05, 4.69) is 427 Å². The van der Waals surface area contributed by atoms with Gasteiger partial charge in [0.25, 0.3) is 0 Å². The highest BCUT2D eigenvalue weighted by atomic mass is 14.3. The average molecular weight is 1370 g/mol. The summed E-state index contributed by atoms with van der Waals surface area (Å²) in [5.41, 5.74) is 19.3. The van der Waals surface area contributed by atoms with E-state index >= 15 is 0 Å². The number of fused-ring (bicyclic) bond motifs is 11. The Bertz CT molecular complexity index is 6810. The zero-order valence-corrected chi connectivity index (χ0v) is 60.7. The monoisotopic (exact) mass is 1370 g/mol. The van der Waals surface area contributed by atoms with Gasteiger partial charge in [-0.1, -0.05) is 397 Å². The molecule has 0 nitrogen and oxygen atoms in total. The zero-order chi connectivity index (χ0) is 72.2. The summed E-state index contributed by atoms with van der Waals surface area (Å²) in [5.74, 6) is 0. The molecule has 0 amide bonds. The van der Waals surface area contributed by atoms with Crippen LogP contribution in [0.1, 0.15) is 26.3 Å². The van der Waals surface area contributed by atoms with Crippen LogP contribution in [0.4, 0.5) is 0 Å². The molecule has 0 unspecified atom stereocenters. The highest BCUT2D eigenvalue weighted by Gasteiger charge is 2.24. The van der Waals surface area contributed by atoms with Crippen molar-refractivity contribution in [1.82, 2.24) is 0 Å². The third-order valence-corrected chi connectivity index (χ3v) is 22.2. The van der Waals surface area contributed by atoms with E-state index in [0.29, 0.717) is 0 Å². The summed E-state index contributed by atoms with van der Waals surface area (Å²) >= 11 is 0. The largest absolute Gasteiger partial charge is 0.0622 e. The molecular formula is C108H76. The normalized spacial score (nSPS) is 11.7. The van der Waals surface area contributed by atoms with Crippen LogP contribution in [0.5, 0.6) is 0 Å². The van der Waals surface area contributed by atoms with Gasteiger partial charge in [-0.15, -0.1) is 0 Å².